The van der Waals surface area contributed by atoms with E-state index in [0.717, 1.165) is 32.5 Å². The SMILES string of the molecule is Cc1cccc2c1COC21CCCNCC1. The van der Waals surface area contributed by atoms with Gasteiger partial charge in [-0.1, -0.05) is 18.2 Å². The smallest absolute Gasteiger partial charge is 0.0952 e. The molecule has 2 aliphatic heterocycles. The van der Waals surface area contributed by atoms with Crippen LogP contribution in [-0.4, -0.2) is 13.1 Å². The van der Waals surface area contributed by atoms with Gasteiger partial charge in [-0.25, -0.2) is 0 Å². The molecule has 1 spiro atoms. The topological polar surface area (TPSA) is 21.3 Å². The molecule has 2 nitrogen and oxygen atoms in total. The van der Waals surface area contributed by atoms with Gasteiger partial charge in [0.1, 0.15) is 0 Å². The summed E-state index contributed by atoms with van der Waals surface area (Å²) in [4.78, 5) is 0. The van der Waals surface area contributed by atoms with Crippen molar-refractivity contribution >= 4 is 0 Å². The first-order valence-corrected chi connectivity index (χ1v) is 6.25. The lowest BCUT2D eigenvalue weighted by Crippen LogP contribution is -2.26. The van der Waals surface area contributed by atoms with Crippen LogP contribution in [0, 0.1) is 6.92 Å². The molecule has 0 aromatic heterocycles. The Kier molecular flexibility index (Phi) is 2.49. The molecule has 3 rings (SSSR count). The predicted molar refractivity (Wildman–Crippen MR) is 64.4 cm³/mol. The summed E-state index contributed by atoms with van der Waals surface area (Å²) in [5, 5.41) is 3.46. The monoisotopic (exact) mass is 217 g/mol. The summed E-state index contributed by atoms with van der Waals surface area (Å²) in [6, 6.07) is 6.62. The number of hydrogen-bond acceptors (Lipinski definition) is 2. The van der Waals surface area contributed by atoms with Crippen LogP contribution in [0.1, 0.15) is 36.0 Å². The van der Waals surface area contributed by atoms with Gasteiger partial charge in [-0.15, -0.1) is 0 Å². The third-order valence-electron chi connectivity index (χ3n) is 4.03. The lowest BCUT2D eigenvalue weighted by Gasteiger charge is -2.27. The quantitative estimate of drug-likeness (QED) is 0.721. The van der Waals surface area contributed by atoms with Gasteiger partial charge in [-0.05, 0) is 56.0 Å². The van der Waals surface area contributed by atoms with E-state index in [1.165, 1.54) is 23.1 Å². The van der Waals surface area contributed by atoms with E-state index in [4.69, 9.17) is 4.74 Å². The van der Waals surface area contributed by atoms with Crippen LogP contribution < -0.4 is 5.32 Å². The van der Waals surface area contributed by atoms with Crippen LogP contribution in [0.2, 0.25) is 0 Å². The Balaban J connectivity index is 2.03. The molecule has 1 saturated heterocycles. The second-order valence-electron chi connectivity index (χ2n) is 4.99. The maximum absolute atomic E-state index is 6.17. The Hall–Kier alpha value is -0.860. The van der Waals surface area contributed by atoms with E-state index >= 15 is 0 Å². The van der Waals surface area contributed by atoms with Crippen LogP contribution in [0.15, 0.2) is 18.2 Å². The van der Waals surface area contributed by atoms with Crippen LogP contribution >= 0.6 is 0 Å². The van der Waals surface area contributed by atoms with Crippen molar-refractivity contribution in [2.24, 2.45) is 0 Å². The van der Waals surface area contributed by atoms with E-state index in [-0.39, 0.29) is 5.60 Å². The van der Waals surface area contributed by atoms with Gasteiger partial charge in [-0.2, -0.15) is 0 Å². The van der Waals surface area contributed by atoms with Gasteiger partial charge in [0.2, 0.25) is 0 Å². The highest BCUT2D eigenvalue weighted by atomic mass is 16.5. The first kappa shape index (κ1) is 10.3. The van der Waals surface area contributed by atoms with Crippen LogP contribution in [0.4, 0.5) is 0 Å². The van der Waals surface area contributed by atoms with Crippen LogP contribution in [-0.2, 0) is 16.9 Å². The zero-order valence-corrected chi connectivity index (χ0v) is 9.88. The summed E-state index contributed by atoms with van der Waals surface area (Å²) >= 11 is 0. The van der Waals surface area contributed by atoms with Gasteiger partial charge in [0.25, 0.3) is 0 Å². The number of ether oxygens (including phenoxy) is 1. The fourth-order valence-corrected chi connectivity index (χ4v) is 3.06. The van der Waals surface area contributed by atoms with Gasteiger partial charge < -0.3 is 10.1 Å². The van der Waals surface area contributed by atoms with Gasteiger partial charge in [-0.3, -0.25) is 0 Å². The normalized spacial score (nSPS) is 29.1. The third kappa shape index (κ3) is 1.48. The summed E-state index contributed by atoms with van der Waals surface area (Å²) in [6.07, 6.45) is 3.49. The number of hydrogen-bond donors (Lipinski definition) is 1. The first-order valence-electron chi connectivity index (χ1n) is 6.25. The maximum atomic E-state index is 6.17. The number of benzene rings is 1. The molecule has 1 atom stereocenters. The van der Waals surface area contributed by atoms with E-state index in [1.54, 1.807) is 0 Å². The van der Waals surface area contributed by atoms with Gasteiger partial charge in [0.15, 0.2) is 0 Å². The molecule has 0 aliphatic carbocycles. The molecule has 0 amide bonds. The van der Waals surface area contributed by atoms with Crippen molar-refractivity contribution in [3.8, 4) is 0 Å². The highest BCUT2D eigenvalue weighted by molar-refractivity contribution is 5.40. The molecule has 1 unspecified atom stereocenters. The molecule has 2 aliphatic rings. The highest BCUT2D eigenvalue weighted by Gasteiger charge is 2.40. The van der Waals surface area contributed by atoms with Crippen molar-refractivity contribution in [1.82, 2.24) is 5.32 Å². The fraction of sp³-hybridized carbons (Fsp3) is 0.571. The summed E-state index contributed by atoms with van der Waals surface area (Å²) in [6.45, 7) is 5.21. The first-order chi connectivity index (χ1) is 7.82. The lowest BCUT2D eigenvalue weighted by molar-refractivity contribution is -0.0469. The number of rotatable bonds is 0. The lowest BCUT2D eigenvalue weighted by atomic mass is 9.85. The molecule has 1 fully saturated rings. The minimum absolute atomic E-state index is 0.0187. The molecule has 0 saturated carbocycles. The molecular weight excluding hydrogens is 198 g/mol. The molecular formula is C14H19NO. The average Bonchev–Trinajstić information content (AvgIpc) is 2.49. The van der Waals surface area contributed by atoms with Gasteiger partial charge in [0, 0.05) is 0 Å². The Labute approximate surface area is 97.0 Å². The number of fused-ring (bicyclic) bond motifs is 2. The van der Waals surface area contributed by atoms with Crippen molar-refractivity contribution in [3.63, 3.8) is 0 Å². The summed E-state index contributed by atoms with van der Waals surface area (Å²) < 4.78 is 6.17. The summed E-state index contributed by atoms with van der Waals surface area (Å²) in [5.74, 6) is 0. The standard InChI is InChI=1S/C14H19NO/c1-11-4-2-5-13-12(11)10-16-14(13)6-3-8-15-9-7-14/h2,4-5,15H,3,6-10H2,1H3. The van der Waals surface area contributed by atoms with Gasteiger partial charge in [0.05, 0.1) is 12.2 Å². The minimum Gasteiger partial charge on any atom is -0.366 e. The third-order valence-corrected chi connectivity index (χ3v) is 4.03. The predicted octanol–water partition coefficient (Wildman–Crippen LogP) is 2.49. The number of aryl methyl sites for hydroxylation is 1. The summed E-state index contributed by atoms with van der Waals surface area (Å²) in [5.41, 5.74) is 4.29. The molecule has 1 aromatic carbocycles. The van der Waals surface area contributed by atoms with E-state index < -0.39 is 0 Å². The molecule has 0 bridgehead atoms. The van der Waals surface area contributed by atoms with E-state index in [0.29, 0.717) is 0 Å². The Morgan fingerprint density at radius 1 is 1.25 bits per heavy atom. The van der Waals surface area contributed by atoms with Crippen molar-refractivity contribution in [2.45, 2.75) is 38.4 Å². The van der Waals surface area contributed by atoms with E-state index in [1.807, 2.05) is 0 Å². The Morgan fingerprint density at radius 3 is 3.12 bits per heavy atom. The second-order valence-corrected chi connectivity index (χ2v) is 4.99. The second kappa shape index (κ2) is 3.86. The van der Waals surface area contributed by atoms with Crippen molar-refractivity contribution < 1.29 is 4.74 Å². The molecule has 86 valence electrons. The largest absolute Gasteiger partial charge is 0.366 e. The van der Waals surface area contributed by atoms with Crippen LogP contribution in [0.25, 0.3) is 0 Å². The molecule has 1 N–H and O–H groups in total. The average molecular weight is 217 g/mol. The number of nitrogens with one attached hydrogen (secondary N) is 1. The zero-order chi connectivity index (χ0) is 11.0. The molecule has 2 heterocycles. The molecule has 1 aromatic rings. The molecule has 16 heavy (non-hydrogen) atoms. The van der Waals surface area contributed by atoms with Gasteiger partial charge >= 0.3 is 0 Å². The summed E-state index contributed by atoms with van der Waals surface area (Å²) in [7, 11) is 0. The van der Waals surface area contributed by atoms with Crippen LogP contribution in [0.3, 0.4) is 0 Å². The molecule has 0 radical (unpaired) electrons. The van der Waals surface area contributed by atoms with Crippen molar-refractivity contribution in [1.29, 1.82) is 0 Å². The Bertz CT molecular complexity index is 392. The minimum atomic E-state index is 0.0187. The van der Waals surface area contributed by atoms with Crippen molar-refractivity contribution in [3.05, 3.63) is 34.9 Å². The fourth-order valence-electron chi connectivity index (χ4n) is 3.06. The Morgan fingerprint density at radius 2 is 2.19 bits per heavy atom. The van der Waals surface area contributed by atoms with E-state index in [2.05, 4.69) is 30.4 Å². The van der Waals surface area contributed by atoms with E-state index in [9.17, 15) is 0 Å². The van der Waals surface area contributed by atoms with Crippen LogP contribution in [0.5, 0.6) is 0 Å². The van der Waals surface area contributed by atoms with Crippen molar-refractivity contribution in [2.75, 3.05) is 13.1 Å². The zero-order valence-electron chi connectivity index (χ0n) is 9.88. The maximum Gasteiger partial charge on any atom is 0.0952 e. The molecule has 2 heteroatoms. The highest BCUT2D eigenvalue weighted by Crippen LogP contribution is 2.44.